The van der Waals surface area contributed by atoms with Crippen LogP contribution in [0.15, 0.2) is 71.5 Å². The number of carbonyl (C=O) groups is 2. The highest BCUT2D eigenvalue weighted by molar-refractivity contribution is 5.95. The molecule has 4 rings (SSSR count). The van der Waals surface area contributed by atoms with Gasteiger partial charge in [-0.2, -0.15) is 0 Å². The zero-order valence-corrected chi connectivity index (χ0v) is 17.6. The number of nitrogens with zero attached hydrogens (tertiary/aromatic N) is 3. The van der Waals surface area contributed by atoms with Gasteiger partial charge in [0, 0.05) is 30.5 Å². The molecule has 0 spiro atoms. The number of hydrogen-bond acceptors (Lipinski definition) is 3. The van der Waals surface area contributed by atoms with Gasteiger partial charge in [-0.05, 0) is 50.6 Å². The van der Waals surface area contributed by atoms with Crippen LogP contribution in [-0.4, -0.2) is 44.8 Å². The van der Waals surface area contributed by atoms with Crippen LogP contribution in [0, 0.1) is 0 Å². The molecule has 0 bridgehead atoms. The summed E-state index contributed by atoms with van der Waals surface area (Å²) >= 11 is 0. The number of hydrogen-bond donors (Lipinski definition) is 0. The summed E-state index contributed by atoms with van der Waals surface area (Å²) in [6, 6.07) is 17.2. The average molecular weight is 405 g/mol. The molecule has 0 aliphatic carbocycles. The normalized spacial score (nSPS) is 16.2. The van der Waals surface area contributed by atoms with Crippen molar-refractivity contribution in [2.75, 3.05) is 13.1 Å². The van der Waals surface area contributed by atoms with Crippen molar-refractivity contribution >= 4 is 11.8 Å². The van der Waals surface area contributed by atoms with E-state index in [0.717, 1.165) is 17.8 Å². The first-order chi connectivity index (χ1) is 14.4. The molecule has 0 saturated carbocycles. The number of benzene rings is 1. The van der Waals surface area contributed by atoms with Gasteiger partial charge in [-0.1, -0.05) is 30.3 Å². The second-order valence-corrected chi connectivity index (χ2v) is 8.57. The fraction of sp³-hybridized carbons (Fsp3) is 0.333. The molecule has 1 aliphatic heterocycles. The molecular weight excluding hydrogens is 378 g/mol. The molecule has 6 heteroatoms. The molecule has 156 valence electrons. The van der Waals surface area contributed by atoms with Gasteiger partial charge in [-0.15, -0.1) is 0 Å². The Kier molecular flexibility index (Phi) is 5.24. The summed E-state index contributed by atoms with van der Waals surface area (Å²) in [6.07, 6.45) is 3.52. The Morgan fingerprint density at radius 3 is 2.47 bits per heavy atom. The van der Waals surface area contributed by atoms with Crippen molar-refractivity contribution in [3.63, 3.8) is 0 Å². The van der Waals surface area contributed by atoms with Gasteiger partial charge in [-0.25, -0.2) is 0 Å². The predicted octanol–water partition coefficient (Wildman–Crippen LogP) is 3.95. The molecule has 1 atom stereocenters. The lowest BCUT2D eigenvalue weighted by Crippen LogP contribution is -2.53. The Bertz CT molecular complexity index is 1020. The first kappa shape index (κ1) is 20.0. The third kappa shape index (κ3) is 3.77. The van der Waals surface area contributed by atoms with Crippen LogP contribution in [0.4, 0.5) is 0 Å². The molecule has 0 unspecified atom stereocenters. The minimum atomic E-state index is -0.530. The summed E-state index contributed by atoms with van der Waals surface area (Å²) in [7, 11) is 0. The van der Waals surface area contributed by atoms with E-state index in [4.69, 9.17) is 4.42 Å². The highest BCUT2D eigenvalue weighted by Gasteiger charge is 2.36. The number of rotatable bonds is 4. The van der Waals surface area contributed by atoms with Gasteiger partial charge in [0.05, 0.1) is 12.3 Å². The van der Waals surface area contributed by atoms with Gasteiger partial charge in [0.25, 0.3) is 5.91 Å². The average Bonchev–Trinajstić information content (AvgIpc) is 3.42. The van der Waals surface area contributed by atoms with Gasteiger partial charge in [0.1, 0.15) is 6.54 Å². The van der Waals surface area contributed by atoms with Crippen LogP contribution >= 0.6 is 0 Å². The Balaban J connectivity index is 1.64. The maximum Gasteiger partial charge on any atom is 0.290 e. The molecule has 2 amide bonds. The minimum absolute atomic E-state index is 0.00687. The molecule has 0 saturated heterocycles. The van der Waals surface area contributed by atoms with Crippen molar-refractivity contribution in [2.45, 2.75) is 38.9 Å². The molecule has 1 aromatic carbocycles. The summed E-state index contributed by atoms with van der Waals surface area (Å²) in [4.78, 5) is 30.0. The number of aromatic nitrogens is 1. The van der Waals surface area contributed by atoms with Gasteiger partial charge >= 0.3 is 0 Å². The van der Waals surface area contributed by atoms with Crippen LogP contribution in [0.25, 0.3) is 0 Å². The van der Waals surface area contributed by atoms with E-state index in [-0.39, 0.29) is 30.2 Å². The van der Waals surface area contributed by atoms with E-state index in [2.05, 4.69) is 16.8 Å². The molecule has 0 fully saturated rings. The Morgan fingerprint density at radius 2 is 1.80 bits per heavy atom. The van der Waals surface area contributed by atoms with Gasteiger partial charge in [0.2, 0.25) is 5.91 Å². The van der Waals surface area contributed by atoms with Crippen LogP contribution < -0.4 is 0 Å². The monoisotopic (exact) mass is 405 g/mol. The zero-order valence-electron chi connectivity index (χ0n) is 17.6. The highest BCUT2D eigenvalue weighted by atomic mass is 16.3. The van der Waals surface area contributed by atoms with Crippen molar-refractivity contribution in [3.05, 3.63) is 84.1 Å². The van der Waals surface area contributed by atoms with E-state index in [1.807, 2.05) is 62.1 Å². The van der Waals surface area contributed by atoms with Crippen molar-refractivity contribution in [3.8, 4) is 0 Å². The molecule has 3 aromatic rings. The fourth-order valence-electron chi connectivity index (χ4n) is 4.01. The number of amides is 2. The van der Waals surface area contributed by atoms with E-state index in [9.17, 15) is 9.59 Å². The lowest BCUT2D eigenvalue weighted by atomic mass is 9.99. The summed E-state index contributed by atoms with van der Waals surface area (Å²) in [5.74, 6) is -0.117. The lowest BCUT2D eigenvalue weighted by Gasteiger charge is -2.40. The maximum atomic E-state index is 13.5. The van der Waals surface area contributed by atoms with Crippen LogP contribution in [0.1, 0.15) is 48.6 Å². The molecule has 0 N–H and O–H groups in total. The molecule has 1 aliphatic rings. The summed E-state index contributed by atoms with van der Waals surface area (Å²) < 4.78 is 7.50. The summed E-state index contributed by atoms with van der Waals surface area (Å²) in [5.41, 5.74) is 1.61. The fourth-order valence-corrected chi connectivity index (χ4v) is 4.01. The summed E-state index contributed by atoms with van der Waals surface area (Å²) in [5, 5.41) is 0. The molecule has 3 heterocycles. The minimum Gasteiger partial charge on any atom is -0.459 e. The van der Waals surface area contributed by atoms with Gasteiger partial charge < -0.3 is 18.8 Å². The predicted molar refractivity (Wildman–Crippen MR) is 114 cm³/mol. The third-order valence-electron chi connectivity index (χ3n) is 5.55. The van der Waals surface area contributed by atoms with E-state index in [1.54, 1.807) is 17.0 Å². The maximum absolute atomic E-state index is 13.5. The second-order valence-electron chi connectivity index (χ2n) is 8.57. The van der Waals surface area contributed by atoms with Crippen molar-refractivity contribution in [1.29, 1.82) is 0 Å². The number of fused-ring (bicyclic) bond motifs is 1. The van der Waals surface area contributed by atoms with Gasteiger partial charge in [0.15, 0.2) is 5.76 Å². The molecule has 2 aromatic heterocycles. The zero-order chi connectivity index (χ0) is 21.3. The lowest BCUT2D eigenvalue weighted by molar-refractivity contribution is -0.135. The van der Waals surface area contributed by atoms with E-state index in [0.29, 0.717) is 6.54 Å². The number of furan rings is 1. The Hall–Kier alpha value is -3.28. The molecule has 0 radical (unpaired) electrons. The van der Waals surface area contributed by atoms with Crippen molar-refractivity contribution in [2.24, 2.45) is 0 Å². The topological polar surface area (TPSA) is 58.7 Å². The quantitative estimate of drug-likeness (QED) is 0.660. The smallest absolute Gasteiger partial charge is 0.290 e. The first-order valence-electron chi connectivity index (χ1n) is 10.2. The van der Waals surface area contributed by atoms with Gasteiger partial charge in [-0.3, -0.25) is 9.59 Å². The largest absolute Gasteiger partial charge is 0.459 e. The van der Waals surface area contributed by atoms with Crippen LogP contribution in [-0.2, 0) is 11.3 Å². The number of carbonyl (C=O) groups excluding carboxylic acids is 2. The molecule has 6 nitrogen and oxygen atoms in total. The van der Waals surface area contributed by atoms with E-state index in [1.165, 1.54) is 6.26 Å². The SMILES string of the molecule is CC(C)(C)N(CC(=O)N1CCn2cccc2[C@@H]1c1ccccc1)C(=O)c1ccco1. The highest BCUT2D eigenvalue weighted by Crippen LogP contribution is 2.33. The standard InChI is InChI=1S/C24H27N3O3/c1-24(2,3)27(23(29)20-12-8-16-30-20)17-21(28)26-15-14-25-13-7-11-19(25)22(26)18-9-5-4-6-10-18/h4-13,16,22H,14-15,17H2,1-3H3/t22-/m0/s1. The Labute approximate surface area is 176 Å². The summed E-state index contributed by atoms with van der Waals surface area (Å²) in [6.45, 7) is 7.10. The van der Waals surface area contributed by atoms with Crippen LogP contribution in [0.3, 0.4) is 0 Å². The van der Waals surface area contributed by atoms with E-state index < -0.39 is 5.54 Å². The Morgan fingerprint density at radius 1 is 1.03 bits per heavy atom. The second kappa shape index (κ2) is 7.86. The first-order valence-corrected chi connectivity index (χ1v) is 10.2. The van der Waals surface area contributed by atoms with Crippen LogP contribution in [0.5, 0.6) is 0 Å². The van der Waals surface area contributed by atoms with E-state index >= 15 is 0 Å². The molecule has 30 heavy (non-hydrogen) atoms. The van der Waals surface area contributed by atoms with Crippen molar-refractivity contribution in [1.82, 2.24) is 14.4 Å². The molecular formula is C24H27N3O3. The van der Waals surface area contributed by atoms with Crippen molar-refractivity contribution < 1.29 is 14.0 Å². The third-order valence-corrected chi connectivity index (χ3v) is 5.55. The van der Waals surface area contributed by atoms with Crippen LogP contribution in [0.2, 0.25) is 0 Å².